The SMILES string of the molecule is CN=C(NCc1cccc2cccnc12)NC1CCc2cn(C(C)C)nc2C1. The van der Waals surface area contributed by atoms with Gasteiger partial charge in [-0.1, -0.05) is 24.3 Å². The Bertz CT molecular complexity index is 982. The summed E-state index contributed by atoms with van der Waals surface area (Å²) < 4.78 is 2.08. The van der Waals surface area contributed by atoms with E-state index in [1.807, 2.05) is 19.3 Å². The third-order valence-corrected chi connectivity index (χ3v) is 5.35. The standard InChI is InChI=1S/C22H28N6/c1-15(2)28-14-18-9-10-19(12-20(18)27-28)26-22(23-3)25-13-17-7-4-6-16-8-5-11-24-21(16)17/h4-8,11,14-15,19H,9-10,12-13H2,1-3H3,(H2,23,25,26). The van der Waals surface area contributed by atoms with Crippen molar-refractivity contribution in [3.8, 4) is 0 Å². The van der Waals surface area contributed by atoms with E-state index in [1.165, 1.54) is 16.8 Å². The Balaban J connectivity index is 1.40. The van der Waals surface area contributed by atoms with Gasteiger partial charge in [-0.05, 0) is 43.9 Å². The van der Waals surface area contributed by atoms with Crippen LogP contribution in [0, 0.1) is 0 Å². The van der Waals surface area contributed by atoms with Gasteiger partial charge in [-0.2, -0.15) is 5.10 Å². The Labute approximate surface area is 166 Å². The van der Waals surface area contributed by atoms with E-state index in [0.717, 1.165) is 36.1 Å². The third kappa shape index (κ3) is 3.86. The fourth-order valence-corrected chi connectivity index (χ4v) is 3.78. The van der Waals surface area contributed by atoms with Crippen LogP contribution in [0.4, 0.5) is 0 Å². The van der Waals surface area contributed by atoms with E-state index in [0.29, 0.717) is 18.6 Å². The first-order chi connectivity index (χ1) is 13.6. The summed E-state index contributed by atoms with van der Waals surface area (Å²) >= 11 is 0. The molecule has 3 aromatic rings. The van der Waals surface area contributed by atoms with Gasteiger partial charge in [-0.25, -0.2) is 0 Å². The van der Waals surface area contributed by atoms with Crippen LogP contribution in [-0.2, 0) is 19.4 Å². The number of guanidine groups is 1. The summed E-state index contributed by atoms with van der Waals surface area (Å²) in [6, 6.07) is 11.1. The Kier molecular flexibility index (Phi) is 5.28. The van der Waals surface area contributed by atoms with Crippen molar-refractivity contribution in [2.75, 3.05) is 7.05 Å². The first-order valence-electron chi connectivity index (χ1n) is 10.0. The van der Waals surface area contributed by atoms with Crippen LogP contribution in [0.2, 0.25) is 0 Å². The maximum Gasteiger partial charge on any atom is 0.191 e. The minimum absolute atomic E-state index is 0.347. The van der Waals surface area contributed by atoms with E-state index in [1.54, 1.807) is 0 Å². The Morgan fingerprint density at radius 1 is 1.29 bits per heavy atom. The number of nitrogens with zero attached hydrogens (tertiary/aromatic N) is 4. The van der Waals surface area contributed by atoms with Gasteiger partial charge in [-0.15, -0.1) is 0 Å². The number of aryl methyl sites for hydroxylation is 1. The zero-order valence-corrected chi connectivity index (χ0v) is 16.8. The number of benzene rings is 1. The molecule has 0 saturated heterocycles. The fraction of sp³-hybridized carbons (Fsp3) is 0.409. The topological polar surface area (TPSA) is 67.1 Å². The summed E-state index contributed by atoms with van der Waals surface area (Å²) in [5.74, 6) is 0.824. The van der Waals surface area contributed by atoms with Crippen molar-refractivity contribution in [3.05, 3.63) is 59.5 Å². The summed E-state index contributed by atoms with van der Waals surface area (Å²) in [4.78, 5) is 8.95. The first-order valence-corrected chi connectivity index (χ1v) is 10.0. The lowest BCUT2D eigenvalue weighted by Crippen LogP contribution is -2.45. The summed E-state index contributed by atoms with van der Waals surface area (Å²) in [7, 11) is 1.82. The molecule has 0 aliphatic heterocycles. The van der Waals surface area contributed by atoms with Gasteiger partial charge in [0.1, 0.15) is 0 Å². The number of rotatable bonds is 4. The minimum Gasteiger partial charge on any atom is -0.353 e. The minimum atomic E-state index is 0.347. The highest BCUT2D eigenvalue weighted by atomic mass is 15.3. The molecule has 1 unspecified atom stereocenters. The highest BCUT2D eigenvalue weighted by molar-refractivity contribution is 5.83. The van der Waals surface area contributed by atoms with Gasteiger partial charge in [0.25, 0.3) is 0 Å². The number of hydrogen-bond donors (Lipinski definition) is 2. The molecule has 2 heterocycles. The second-order valence-electron chi connectivity index (χ2n) is 7.68. The third-order valence-electron chi connectivity index (χ3n) is 5.35. The normalized spacial score (nSPS) is 17.0. The number of aliphatic imine (C=N–C) groups is 1. The van der Waals surface area contributed by atoms with E-state index in [-0.39, 0.29) is 0 Å². The van der Waals surface area contributed by atoms with Gasteiger partial charge < -0.3 is 10.6 Å². The van der Waals surface area contributed by atoms with Crippen LogP contribution in [0.15, 0.2) is 47.7 Å². The molecular weight excluding hydrogens is 348 g/mol. The lowest BCUT2D eigenvalue weighted by Gasteiger charge is -2.24. The zero-order chi connectivity index (χ0) is 19.5. The molecule has 4 rings (SSSR count). The maximum absolute atomic E-state index is 4.77. The number of fused-ring (bicyclic) bond motifs is 2. The van der Waals surface area contributed by atoms with Crippen molar-refractivity contribution in [1.29, 1.82) is 0 Å². The summed E-state index contributed by atoms with van der Waals surface area (Å²) in [5.41, 5.74) is 4.81. The molecule has 0 amide bonds. The quantitative estimate of drug-likeness (QED) is 0.542. The molecule has 1 aliphatic carbocycles. The largest absolute Gasteiger partial charge is 0.353 e. The number of pyridine rings is 1. The maximum atomic E-state index is 4.77. The second-order valence-corrected chi connectivity index (χ2v) is 7.68. The lowest BCUT2D eigenvalue weighted by molar-refractivity contribution is 0.499. The molecule has 6 nitrogen and oxygen atoms in total. The van der Waals surface area contributed by atoms with E-state index < -0.39 is 0 Å². The monoisotopic (exact) mass is 376 g/mol. The molecule has 0 spiro atoms. The number of hydrogen-bond acceptors (Lipinski definition) is 3. The number of nitrogens with one attached hydrogen (secondary N) is 2. The Hall–Kier alpha value is -2.89. The van der Waals surface area contributed by atoms with Gasteiger partial charge in [0.15, 0.2) is 5.96 Å². The molecule has 0 bridgehead atoms. The van der Waals surface area contributed by atoms with Crippen LogP contribution in [0.25, 0.3) is 10.9 Å². The molecule has 1 aliphatic rings. The van der Waals surface area contributed by atoms with Crippen molar-refractivity contribution < 1.29 is 0 Å². The number of aromatic nitrogens is 3. The molecule has 146 valence electrons. The zero-order valence-electron chi connectivity index (χ0n) is 16.8. The molecule has 28 heavy (non-hydrogen) atoms. The van der Waals surface area contributed by atoms with Gasteiger partial charge >= 0.3 is 0 Å². The van der Waals surface area contributed by atoms with E-state index in [4.69, 9.17) is 5.10 Å². The van der Waals surface area contributed by atoms with Crippen LogP contribution in [0.5, 0.6) is 0 Å². The average Bonchev–Trinajstić information content (AvgIpc) is 3.15. The summed E-state index contributed by atoms with van der Waals surface area (Å²) in [5, 5.41) is 12.9. The molecule has 2 aromatic heterocycles. The van der Waals surface area contributed by atoms with Crippen molar-refractivity contribution in [3.63, 3.8) is 0 Å². The van der Waals surface area contributed by atoms with E-state index >= 15 is 0 Å². The van der Waals surface area contributed by atoms with Crippen molar-refractivity contribution in [2.45, 2.75) is 51.7 Å². The Morgan fingerprint density at radius 2 is 2.14 bits per heavy atom. The van der Waals surface area contributed by atoms with Gasteiger partial charge in [0, 0.05) is 49.9 Å². The smallest absolute Gasteiger partial charge is 0.191 e. The molecule has 0 fully saturated rings. The lowest BCUT2D eigenvalue weighted by atomic mass is 9.94. The molecule has 2 N–H and O–H groups in total. The van der Waals surface area contributed by atoms with Crippen LogP contribution in [0.1, 0.15) is 43.1 Å². The number of para-hydroxylation sites is 1. The molecule has 1 aromatic carbocycles. The highest BCUT2D eigenvalue weighted by Crippen LogP contribution is 2.22. The van der Waals surface area contributed by atoms with Crippen molar-refractivity contribution in [2.24, 2.45) is 4.99 Å². The fourth-order valence-electron chi connectivity index (χ4n) is 3.78. The first kappa shape index (κ1) is 18.5. The van der Waals surface area contributed by atoms with Crippen molar-refractivity contribution in [1.82, 2.24) is 25.4 Å². The molecule has 0 radical (unpaired) electrons. The van der Waals surface area contributed by atoms with Crippen LogP contribution < -0.4 is 10.6 Å². The van der Waals surface area contributed by atoms with E-state index in [9.17, 15) is 0 Å². The molecule has 1 atom stereocenters. The predicted molar refractivity (Wildman–Crippen MR) is 114 cm³/mol. The van der Waals surface area contributed by atoms with Crippen LogP contribution in [0.3, 0.4) is 0 Å². The molecule has 6 heteroatoms. The Morgan fingerprint density at radius 3 is 2.96 bits per heavy atom. The van der Waals surface area contributed by atoms with Gasteiger partial charge in [0.05, 0.1) is 11.2 Å². The predicted octanol–water partition coefficient (Wildman–Crippen LogP) is 3.23. The summed E-state index contributed by atoms with van der Waals surface area (Å²) in [6.45, 7) is 5.03. The summed E-state index contributed by atoms with van der Waals surface area (Å²) in [6.07, 6.45) is 7.13. The van der Waals surface area contributed by atoms with Gasteiger partial charge in [-0.3, -0.25) is 14.7 Å². The van der Waals surface area contributed by atoms with Crippen molar-refractivity contribution >= 4 is 16.9 Å². The van der Waals surface area contributed by atoms with Gasteiger partial charge in [0.2, 0.25) is 0 Å². The molecular formula is C22H28N6. The highest BCUT2D eigenvalue weighted by Gasteiger charge is 2.23. The van der Waals surface area contributed by atoms with Crippen LogP contribution in [-0.4, -0.2) is 33.8 Å². The van der Waals surface area contributed by atoms with E-state index in [2.05, 4.69) is 69.6 Å². The molecule has 0 saturated carbocycles. The average molecular weight is 377 g/mol. The second kappa shape index (κ2) is 8.00. The van der Waals surface area contributed by atoms with Crippen LogP contribution >= 0.6 is 0 Å².